The average Bonchev–Trinajstić information content (AvgIpc) is 3.55. The topological polar surface area (TPSA) is 52.7 Å². The molecule has 1 saturated carbocycles. The molecule has 5 nitrogen and oxygen atoms in total. The number of nitrogens with zero attached hydrogens (tertiary/aromatic N) is 2. The van der Waals surface area contributed by atoms with Gasteiger partial charge in [0.15, 0.2) is 0 Å². The third-order valence-corrected chi connectivity index (χ3v) is 6.33. The Labute approximate surface area is 180 Å². The first-order chi connectivity index (χ1) is 14.4. The van der Waals surface area contributed by atoms with Crippen LogP contribution >= 0.6 is 11.6 Å². The van der Waals surface area contributed by atoms with Crippen LogP contribution in [0.25, 0.3) is 0 Å². The number of nitrogens with one attached hydrogen (secondary N) is 1. The van der Waals surface area contributed by atoms with Crippen molar-refractivity contribution in [2.75, 3.05) is 32.7 Å². The highest BCUT2D eigenvalue weighted by Crippen LogP contribution is 2.47. The number of piperazine rings is 1. The minimum absolute atomic E-state index is 0.0608. The van der Waals surface area contributed by atoms with E-state index < -0.39 is 0 Å². The minimum Gasteiger partial charge on any atom is -0.339 e. The predicted octanol–water partition coefficient (Wildman–Crippen LogP) is 3.61. The number of rotatable bonds is 5. The Morgan fingerprint density at radius 2 is 1.53 bits per heavy atom. The molecule has 1 aliphatic carbocycles. The van der Waals surface area contributed by atoms with E-state index in [1.54, 1.807) is 34.1 Å². The van der Waals surface area contributed by atoms with Gasteiger partial charge in [0, 0.05) is 43.2 Å². The lowest BCUT2D eigenvalue weighted by molar-refractivity contribution is -0.131. The second kappa shape index (κ2) is 8.64. The summed E-state index contributed by atoms with van der Waals surface area (Å²) in [6, 6.07) is 13.7. The minimum atomic E-state index is -0.248. The van der Waals surface area contributed by atoms with E-state index in [0.29, 0.717) is 44.2 Å². The fourth-order valence-corrected chi connectivity index (χ4v) is 4.05. The molecule has 2 fully saturated rings. The van der Waals surface area contributed by atoms with Crippen molar-refractivity contribution in [1.29, 1.82) is 0 Å². The summed E-state index contributed by atoms with van der Waals surface area (Å²) in [6.07, 6.45) is 2.32. The van der Waals surface area contributed by atoms with Crippen LogP contribution in [-0.4, -0.2) is 54.5 Å². The first kappa shape index (κ1) is 20.7. The fourth-order valence-electron chi connectivity index (χ4n) is 3.93. The van der Waals surface area contributed by atoms with Crippen LogP contribution in [0.3, 0.4) is 0 Å². The summed E-state index contributed by atoms with van der Waals surface area (Å²) >= 11 is 5.89. The van der Waals surface area contributed by atoms with Crippen LogP contribution in [0.5, 0.6) is 0 Å². The van der Waals surface area contributed by atoms with Gasteiger partial charge in [-0.1, -0.05) is 35.9 Å². The van der Waals surface area contributed by atoms with Crippen molar-refractivity contribution in [1.82, 2.24) is 15.1 Å². The van der Waals surface area contributed by atoms with Gasteiger partial charge in [0.05, 0.1) is 6.42 Å². The van der Waals surface area contributed by atoms with Crippen molar-refractivity contribution < 1.29 is 14.0 Å². The van der Waals surface area contributed by atoms with E-state index in [0.717, 1.165) is 24.0 Å². The van der Waals surface area contributed by atoms with Crippen molar-refractivity contribution in [3.8, 4) is 0 Å². The Bertz CT molecular complexity index is 905. The lowest BCUT2D eigenvalue weighted by Gasteiger charge is -2.35. The molecule has 1 heterocycles. The number of halogens is 2. The maximum Gasteiger partial charge on any atom is 0.317 e. The summed E-state index contributed by atoms with van der Waals surface area (Å²) in [4.78, 5) is 28.7. The molecule has 2 aliphatic rings. The van der Waals surface area contributed by atoms with Crippen molar-refractivity contribution in [3.05, 3.63) is 70.5 Å². The van der Waals surface area contributed by atoms with Crippen molar-refractivity contribution >= 4 is 23.5 Å². The van der Waals surface area contributed by atoms with Gasteiger partial charge in [-0.3, -0.25) is 4.79 Å². The number of amides is 3. The van der Waals surface area contributed by atoms with E-state index in [-0.39, 0.29) is 23.2 Å². The summed E-state index contributed by atoms with van der Waals surface area (Å²) in [5.74, 6) is -0.187. The Morgan fingerprint density at radius 1 is 0.933 bits per heavy atom. The van der Waals surface area contributed by atoms with E-state index in [1.165, 1.54) is 12.1 Å². The summed E-state index contributed by atoms with van der Waals surface area (Å²) < 4.78 is 13.2. The quantitative estimate of drug-likeness (QED) is 0.789. The van der Waals surface area contributed by atoms with Gasteiger partial charge < -0.3 is 15.1 Å². The molecule has 0 spiro atoms. The number of benzene rings is 2. The van der Waals surface area contributed by atoms with Crippen LogP contribution in [0.4, 0.5) is 9.18 Å². The molecule has 30 heavy (non-hydrogen) atoms. The van der Waals surface area contributed by atoms with Crippen molar-refractivity contribution in [2.24, 2.45) is 0 Å². The number of carbonyl (C=O) groups is 2. The lowest BCUT2D eigenvalue weighted by Crippen LogP contribution is -2.54. The maximum atomic E-state index is 13.2. The average molecular weight is 430 g/mol. The monoisotopic (exact) mass is 429 g/mol. The van der Waals surface area contributed by atoms with Crippen LogP contribution in [-0.2, 0) is 16.6 Å². The smallest absolute Gasteiger partial charge is 0.317 e. The van der Waals surface area contributed by atoms with Crippen LogP contribution < -0.4 is 5.32 Å². The fraction of sp³-hybridized carbons (Fsp3) is 0.391. The molecule has 0 atom stereocenters. The summed E-state index contributed by atoms with van der Waals surface area (Å²) in [5.41, 5.74) is 1.93. The van der Waals surface area contributed by atoms with Crippen LogP contribution in [0.15, 0.2) is 48.5 Å². The Kier molecular flexibility index (Phi) is 5.95. The lowest BCUT2D eigenvalue weighted by atomic mass is 9.96. The molecule has 7 heteroatoms. The van der Waals surface area contributed by atoms with Gasteiger partial charge >= 0.3 is 6.03 Å². The molecule has 4 rings (SSSR count). The zero-order valence-corrected chi connectivity index (χ0v) is 17.5. The number of carbonyl (C=O) groups excluding carboxylic acids is 2. The van der Waals surface area contributed by atoms with E-state index in [1.807, 2.05) is 12.1 Å². The van der Waals surface area contributed by atoms with Gasteiger partial charge in [-0.25, -0.2) is 9.18 Å². The molecule has 0 bridgehead atoms. The predicted molar refractivity (Wildman–Crippen MR) is 114 cm³/mol. The largest absolute Gasteiger partial charge is 0.339 e. The number of hydrogen-bond donors (Lipinski definition) is 1. The molecule has 1 saturated heterocycles. The third kappa shape index (κ3) is 4.75. The number of hydrogen-bond acceptors (Lipinski definition) is 2. The maximum absolute atomic E-state index is 13.2. The van der Waals surface area contributed by atoms with Gasteiger partial charge in [0.2, 0.25) is 5.91 Å². The van der Waals surface area contributed by atoms with Crippen molar-refractivity contribution in [3.63, 3.8) is 0 Å². The third-order valence-electron chi connectivity index (χ3n) is 6.08. The first-order valence-electron chi connectivity index (χ1n) is 10.3. The van der Waals surface area contributed by atoms with E-state index in [2.05, 4.69) is 5.32 Å². The van der Waals surface area contributed by atoms with Gasteiger partial charge in [-0.2, -0.15) is 0 Å². The van der Waals surface area contributed by atoms with Crippen LogP contribution in [0.2, 0.25) is 5.02 Å². The van der Waals surface area contributed by atoms with E-state index >= 15 is 0 Å². The highest BCUT2D eigenvalue weighted by atomic mass is 35.5. The summed E-state index contributed by atoms with van der Waals surface area (Å²) in [5, 5.41) is 3.69. The Hall–Kier alpha value is -2.60. The molecule has 2 aromatic rings. The van der Waals surface area contributed by atoms with Crippen LogP contribution in [0.1, 0.15) is 24.0 Å². The summed E-state index contributed by atoms with van der Waals surface area (Å²) in [7, 11) is 0. The molecule has 1 aliphatic heterocycles. The zero-order chi connectivity index (χ0) is 21.1. The second-order valence-electron chi connectivity index (χ2n) is 8.12. The number of urea groups is 1. The summed E-state index contributed by atoms with van der Waals surface area (Å²) in [6.45, 7) is 2.64. The Morgan fingerprint density at radius 3 is 2.13 bits per heavy atom. The molecule has 1 N–H and O–H groups in total. The molecule has 3 amide bonds. The molecule has 2 aromatic carbocycles. The standard InChI is InChI=1S/C23H25ClFN3O2/c24-19-5-1-17(2-6-19)15-21(29)27-11-13-28(14-12-27)22(30)26-16-23(9-10-23)18-3-7-20(25)8-4-18/h1-8H,9-16H2,(H,26,30). The molecule has 0 radical (unpaired) electrons. The highest BCUT2D eigenvalue weighted by Gasteiger charge is 2.44. The van der Waals surface area contributed by atoms with Crippen molar-refractivity contribution in [2.45, 2.75) is 24.7 Å². The van der Waals surface area contributed by atoms with Gasteiger partial charge in [-0.05, 0) is 48.2 Å². The molecular formula is C23H25ClFN3O2. The van der Waals surface area contributed by atoms with Gasteiger partial charge in [0.25, 0.3) is 0 Å². The highest BCUT2D eigenvalue weighted by molar-refractivity contribution is 6.30. The Balaban J connectivity index is 1.24. The van der Waals surface area contributed by atoms with E-state index in [9.17, 15) is 14.0 Å². The van der Waals surface area contributed by atoms with Gasteiger partial charge in [-0.15, -0.1) is 0 Å². The first-order valence-corrected chi connectivity index (χ1v) is 10.6. The molecule has 158 valence electrons. The van der Waals surface area contributed by atoms with Crippen LogP contribution in [0, 0.1) is 5.82 Å². The van der Waals surface area contributed by atoms with Gasteiger partial charge in [0.1, 0.15) is 5.82 Å². The second-order valence-corrected chi connectivity index (χ2v) is 8.55. The SMILES string of the molecule is O=C(Cc1ccc(Cl)cc1)N1CCN(C(=O)NCC2(c3ccc(F)cc3)CC2)CC1. The zero-order valence-electron chi connectivity index (χ0n) is 16.7. The molecule has 0 unspecified atom stereocenters. The van der Waals surface area contributed by atoms with E-state index in [4.69, 9.17) is 11.6 Å². The molecule has 0 aromatic heterocycles. The normalized spacial score (nSPS) is 17.5. The molecular weight excluding hydrogens is 405 g/mol.